The second-order valence-electron chi connectivity index (χ2n) is 2.80. The molecule has 1 heterocycles. The van der Waals surface area contributed by atoms with Crippen molar-refractivity contribution in [2.24, 2.45) is 5.73 Å². The minimum atomic E-state index is 0.0442. The first kappa shape index (κ1) is 9.06. The molecule has 0 saturated carbocycles. The Morgan fingerprint density at radius 1 is 1.42 bits per heavy atom. The average Bonchev–Trinajstić information content (AvgIpc) is 2.46. The molecule has 1 aromatic heterocycles. The Bertz CT molecular complexity index is 263. The number of aromatic amines is 1. The van der Waals surface area contributed by atoms with Gasteiger partial charge in [0.05, 0.1) is 0 Å². The number of nitrogens with one attached hydrogen (secondary N) is 1. The third-order valence-electron chi connectivity index (χ3n) is 1.81. The summed E-state index contributed by atoms with van der Waals surface area (Å²) in [6.07, 6.45) is 4.79. The smallest absolute Gasteiger partial charge is 0.266 e. The van der Waals surface area contributed by atoms with Crippen LogP contribution in [0.3, 0.4) is 0 Å². The molecule has 0 aromatic carbocycles. The van der Waals surface area contributed by atoms with Crippen molar-refractivity contribution in [1.29, 1.82) is 0 Å². The molecule has 0 aliphatic heterocycles. The van der Waals surface area contributed by atoms with Gasteiger partial charge in [-0.15, -0.1) is 0 Å². The molecule has 0 aliphatic rings. The number of H-pyrrole nitrogens is 1. The molecule has 0 radical (unpaired) electrons. The van der Waals surface area contributed by atoms with Gasteiger partial charge in [-0.05, 0) is 19.4 Å². The molecule has 68 valence electrons. The lowest BCUT2D eigenvalue weighted by Gasteiger charge is -1.99. The molecule has 0 amide bonds. The van der Waals surface area contributed by atoms with E-state index < -0.39 is 0 Å². The Labute approximate surface area is 71.4 Å². The number of nitrogens with zero attached hydrogens (tertiary/aromatic N) is 1. The van der Waals surface area contributed by atoms with Gasteiger partial charge in [0.25, 0.3) is 5.56 Å². The van der Waals surface area contributed by atoms with Gasteiger partial charge in [0, 0.05) is 18.8 Å². The van der Waals surface area contributed by atoms with Gasteiger partial charge in [-0.3, -0.25) is 9.48 Å². The van der Waals surface area contributed by atoms with E-state index in [1.165, 1.54) is 6.07 Å². The summed E-state index contributed by atoms with van der Waals surface area (Å²) in [5.74, 6) is 0. The Morgan fingerprint density at radius 2 is 2.25 bits per heavy atom. The Kier molecular flexibility index (Phi) is 3.60. The quantitative estimate of drug-likeness (QED) is 0.623. The molecule has 1 rings (SSSR count). The van der Waals surface area contributed by atoms with Gasteiger partial charge in [-0.2, -0.15) is 0 Å². The van der Waals surface area contributed by atoms with Crippen molar-refractivity contribution in [1.82, 2.24) is 9.78 Å². The van der Waals surface area contributed by atoms with E-state index in [1.54, 1.807) is 10.9 Å². The molecule has 0 fully saturated rings. The van der Waals surface area contributed by atoms with Crippen molar-refractivity contribution in [3.63, 3.8) is 0 Å². The summed E-state index contributed by atoms with van der Waals surface area (Å²) in [4.78, 5) is 11.0. The number of nitrogens with two attached hydrogens (primary N) is 1. The molecular weight excluding hydrogens is 154 g/mol. The van der Waals surface area contributed by atoms with E-state index in [2.05, 4.69) is 5.10 Å². The van der Waals surface area contributed by atoms with Crippen LogP contribution in [0.25, 0.3) is 0 Å². The minimum absolute atomic E-state index is 0.0442. The lowest BCUT2D eigenvalue weighted by Crippen LogP contribution is -2.15. The molecule has 4 nitrogen and oxygen atoms in total. The number of unbranched alkanes of at least 4 members (excludes halogenated alkanes) is 2. The predicted octanol–water partition coefficient (Wildman–Crippen LogP) is 0.305. The van der Waals surface area contributed by atoms with Gasteiger partial charge in [0.15, 0.2) is 0 Å². The van der Waals surface area contributed by atoms with Gasteiger partial charge in [-0.25, -0.2) is 0 Å². The molecule has 0 atom stereocenters. The van der Waals surface area contributed by atoms with Crippen LogP contribution in [-0.4, -0.2) is 16.3 Å². The third kappa shape index (κ3) is 2.54. The van der Waals surface area contributed by atoms with Crippen LogP contribution in [0.15, 0.2) is 17.1 Å². The Balaban J connectivity index is 2.24. The monoisotopic (exact) mass is 169 g/mol. The van der Waals surface area contributed by atoms with Crippen LogP contribution in [0.2, 0.25) is 0 Å². The first-order chi connectivity index (χ1) is 5.84. The van der Waals surface area contributed by atoms with Crippen LogP contribution >= 0.6 is 0 Å². The fourth-order valence-corrected chi connectivity index (χ4v) is 1.12. The molecule has 1 aromatic rings. The maximum Gasteiger partial charge on any atom is 0.266 e. The summed E-state index contributed by atoms with van der Waals surface area (Å²) in [5, 5.41) is 2.86. The van der Waals surface area contributed by atoms with Crippen molar-refractivity contribution >= 4 is 0 Å². The van der Waals surface area contributed by atoms with Gasteiger partial charge in [0.1, 0.15) is 0 Å². The molecule has 12 heavy (non-hydrogen) atoms. The highest BCUT2D eigenvalue weighted by Gasteiger charge is 1.94. The topological polar surface area (TPSA) is 63.8 Å². The zero-order valence-electron chi connectivity index (χ0n) is 7.12. The van der Waals surface area contributed by atoms with Crippen LogP contribution < -0.4 is 11.3 Å². The van der Waals surface area contributed by atoms with Gasteiger partial charge < -0.3 is 10.8 Å². The second-order valence-corrected chi connectivity index (χ2v) is 2.80. The molecule has 4 heteroatoms. The van der Waals surface area contributed by atoms with E-state index in [0.29, 0.717) is 0 Å². The zero-order chi connectivity index (χ0) is 8.81. The van der Waals surface area contributed by atoms with E-state index in [1.807, 2.05) is 0 Å². The van der Waals surface area contributed by atoms with Crippen LogP contribution in [0, 0.1) is 0 Å². The summed E-state index contributed by atoms with van der Waals surface area (Å²) in [7, 11) is 0. The summed E-state index contributed by atoms with van der Waals surface area (Å²) in [6, 6.07) is 1.53. The van der Waals surface area contributed by atoms with Crippen LogP contribution in [0.5, 0.6) is 0 Å². The average molecular weight is 169 g/mol. The zero-order valence-corrected chi connectivity index (χ0v) is 7.12. The molecule has 0 spiro atoms. The lowest BCUT2D eigenvalue weighted by molar-refractivity contribution is 0.535. The van der Waals surface area contributed by atoms with Crippen molar-refractivity contribution in [2.45, 2.75) is 25.8 Å². The maximum atomic E-state index is 11.0. The summed E-state index contributed by atoms with van der Waals surface area (Å²) in [6.45, 7) is 1.51. The third-order valence-corrected chi connectivity index (χ3v) is 1.81. The number of rotatable bonds is 5. The highest BCUT2D eigenvalue weighted by atomic mass is 16.1. The number of aromatic nitrogens is 2. The van der Waals surface area contributed by atoms with E-state index >= 15 is 0 Å². The summed E-state index contributed by atoms with van der Waals surface area (Å²) >= 11 is 0. The number of aryl methyl sites for hydroxylation is 1. The van der Waals surface area contributed by atoms with Crippen molar-refractivity contribution < 1.29 is 0 Å². The predicted molar refractivity (Wildman–Crippen MR) is 48.0 cm³/mol. The van der Waals surface area contributed by atoms with Crippen LogP contribution in [0.1, 0.15) is 19.3 Å². The molecule has 0 saturated heterocycles. The molecule has 0 bridgehead atoms. The second kappa shape index (κ2) is 4.77. The van der Waals surface area contributed by atoms with Crippen molar-refractivity contribution in [3.05, 3.63) is 22.6 Å². The number of hydrogen-bond acceptors (Lipinski definition) is 2. The molecular formula is C8H15N3O. The largest absolute Gasteiger partial charge is 0.330 e. The number of hydrogen-bond donors (Lipinski definition) is 2. The van der Waals surface area contributed by atoms with Crippen molar-refractivity contribution in [3.8, 4) is 0 Å². The van der Waals surface area contributed by atoms with Crippen LogP contribution in [-0.2, 0) is 6.54 Å². The van der Waals surface area contributed by atoms with Gasteiger partial charge >= 0.3 is 0 Å². The molecule has 0 aliphatic carbocycles. The molecule has 0 unspecified atom stereocenters. The van der Waals surface area contributed by atoms with Gasteiger partial charge in [-0.1, -0.05) is 6.42 Å². The first-order valence-corrected chi connectivity index (χ1v) is 4.29. The molecule has 3 N–H and O–H groups in total. The maximum absolute atomic E-state index is 11.0. The first-order valence-electron chi connectivity index (χ1n) is 4.29. The van der Waals surface area contributed by atoms with Gasteiger partial charge in [0.2, 0.25) is 0 Å². The highest BCUT2D eigenvalue weighted by molar-refractivity contribution is 4.79. The minimum Gasteiger partial charge on any atom is -0.330 e. The SMILES string of the molecule is NCCCCCn1[nH]ccc1=O. The van der Waals surface area contributed by atoms with Crippen LogP contribution in [0.4, 0.5) is 0 Å². The standard InChI is InChI=1S/C8H15N3O/c9-5-2-1-3-7-11-8(12)4-6-10-11/h4,6,10H,1-3,5,7,9H2. The fourth-order valence-electron chi connectivity index (χ4n) is 1.12. The van der Waals surface area contributed by atoms with Crippen molar-refractivity contribution in [2.75, 3.05) is 6.54 Å². The van der Waals surface area contributed by atoms with E-state index in [4.69, 9.17) is 5.73 Å². The normalized spacial score (nSPS) is 10.4. The fraction of sp³-hybridized carbons (Fsp3) is 0.625. The highest BCUT2D eigenvalue weighted by Crippen LogP contribution is 1.94. The lowest BCUT2D eigenvalue weighted by atomic mass is 10.2. The summed E-state index contributed by atoms with van der Waals surface area (Å²) in [5.41, 5.74) is 5.39. The Hall–Kier alpha value is -1.03. The van der Waals surface area contributed by atoms with E-state index in [9.17, 15) is 4.79 Å². The van der Waals surface area contributed by atoms with E-state index in [0.717, 1.165) is 32.4 Å². The Morgan fingerprint density at radius 3 is 2.83 bits per heavy atom. The van der Waals surface area contributed by atoms with E-state index in [-0.39, 0.29) is 5.56 Å². The summed E-state index contributed by atoms with van der Waals surface area (Å²) < 4.78 is 1.61.